The Hall–Kier alpha value is -4.57. The second-order valence-electron chi connectivity index (χ2n) is 9.64. The lowest BCUT2D eigenvalue weighted by Gasteiger charge is -2.13. The molecule has 2 aliphatic carbocycles. The summed E-state index contributed by atoms with van der Waals surface area (Å²) in [5, 5.41) is 2.18. The summed E-state index contributed by atoms with van der Waals surface area (Å²) in [4.78, 5) is 14.7. The van der Waals surface area contributed by atoms with Gasteiger partial charge >= 0.3 is 0 Å². The standard InChI is InChI=1S/C31H18N4/c1-3-8-19-18(7-1)15-24-26(19)23-14-17-6-2-4-9-20(17)27(23)30-29(24)34-31-22-10-5-12-33-28(22)21-11-13-32-16-25(21)35(30)31/h1-13,16H,14-15H2. The molecule has 3 aromatic carbocycles. The Morgan fingerprint density at radius 3 is 2.29 bits per heavy atom. The van der Waals surface area contributed by atoms with Gasteiger partial charge in [0.15, 0.2) is 0 Å². The summed E-state index contributed by atoms with van der Waals surface area (Å²) in [5.41, 5.74) is 16.3. The zero-order valence-electron chi connectivity index (χ0n) is 18.8. The van der Waals surface area contributed by atoms with Crippen molar-refractivity contribution in [2.24, 2.45) is 0 Å². The molecule has 2 aliphatic rings. The summed E-state index contributed by atoms with van der Waals surface area (Å²) in [6.45, 7) is 0. The van der Waals surface area contributed by atoms with Crippen LogP contribution in [-0.4, -0.2) is 19.4 Å². The summed E-state index contributed by atoms with van der Waals surface area (Å²) in [6.07, 6.45) is 7.56. The molecule has 0 amide bonds. The molecule has 162 valence electrons. The topological polar surface area (TPSA) is 43.1 Å². The summed E-state index contributed by atoms with van der Waals surface area (Å²) in [5.74, 6) is 0. The van der Waals surface area contributed by atoms with Crippen LogP contribution in [0.3, 0.4) is 0 Å². The first-order chi connectivity index (χ1) is 17.4. The summed E-state index contributed by atoms with van der Waals surface area (Å²) >= 11 is 0. The first kappa shape index (κ1) is 17.8. The van der Waals surface area contributed by atoms with Gasteiger partial charge in [0.25, 0.3) is 0 Å². The first-order valence-corrected chi connectivity index (χ1v) is 12.1. The number of rotatable bonds is 0. The molecule has 4 nitrogen and oxygen atoms in total. The molecule has 35 heavy (non-hydrogen) atoms. The fraction of sp³-hybridized carbons (Fsp3) is 0.0645. The molecule has 0 atom stereocenters. The fourth-order valence-corrected chi connectivity index (χ4v) is 6.59. The Labute approximate surface area is 200 Å². The molecule has 7 aromatic rings. The van der Waals surface area contributed by atoms with Crippen LogP contribution >= 0.6 is 0 Å². The van der Waals surface area contributed by atoms with E-state index in [1.807, 2.05) is 24.7 Å². The summed E-state index contributed by atoms with van der Waals surface area (Å²) < 4.78 is 2.35. The van der Waals surface area contributed by atoms with E-state index in [-0.39, 0.29) is 0 Å². The Balaban J connectivity index is 1.60. The minimum absolute atomic E-state index is 0.919. The van der Waals surface area contributed by atoms with Gasteiger partial charge < -0.3 is 0 Å². The van der Waals surface area contributed by atoms with Crippen molar-refractivity contribution in [1.82, 2.24) is 19.4 Å². The molecule has 0 N–H and O–H groups in total. The van der Waals surface area contributed by atoms with Gasteiger partial charge in [0.05, 0.1) is 28.3 Å². The predicted octanol–water partition coefficient (Wildman–Crippen LogP) is 6.73. The minimum Gasteiger partial charge on any atom is -0.289 e. The molecule has 0 unspecified atom stereocenters. The third-order valence-electron chi connectivity index (χ3n) is 7.96. The molecule has 0 radical (unpaired) electrons. The maximum Gasteiger partial charge on any atom is 0.148 e. The van der Waals surface area contributed by atoms with E-state index in [9.17, 15) is 0 Å². The summed E-state index contributed by atoms with van der Waals surface area (Å²) in [6, 6.07) is 24.0. The lowest BCUT2D eigenvalue weighted by Crippen LogP contribution is -1.96. The SMILES string of the molecule is c1ccc2c(c1)Cc1c-2c2c(c3c1nc1c4cccnc4c4ccncc4n13)-c1ccccc1C2. The second kappa shape index (κ2) is 6.10. The van der Waals surface area contributed by atoms with Gasteiger partial charge in [0.1, 0.15) is 5.65 Å². The van der Waals surface area contributed by atoms with E-state index in [0.717, 1.165) is 45.8 Å². The maximum atomic E-state index is 5.39. The third kappa shape index (κ3) is 2.07. The molecule has 4 heterocycles. The van der Waals surface area contributed by atoms with Gasteiger partial charge in [-0.25, -0.2) is 4.98 Å². The van der Waals surface area contributed by atoms with Gasteiger partial charge in [-0.05, 0) is 63.6 Å². The molecular weight excluding hydrogens is 428 g/mol. The Kier molecular flexibility index (Phi) is 3.11. The maximum absolute atomic E-state index is 5.39. The quantitative estimate of drug-likeness (QED) is 0.243. The molecule has 0 fully saturated rings. The molecule has 0 spiro atoms. The molecular formula is C31H18N4. The van der Waals surface area contributed by atoms with E-state index in [2.05, 4.69) is 70.0 Å². The van der Waals surface area contributed by atoms with Crippen molar-refractivity contribution in [1.29, 1.82) is 0 Å². The average Bonchev–Trinajstić information content (AvgIpc) is 3.60. The number of hydrogen-bond acceptors (Lipinski definition) is 3. The van der Waals surface area contributed by atoms with Gasteiger partial charge in [-0.3, -0.25) is 14.4 Å². The zero-order valence-corrected chi connectivity index (χ0v) is 18.8. The lowest BCUT2D eigenvalue weighted by atomic mass is 9.93. The molecule has 9 rings (SSSR count). The van der Waals surface area contributed by atoms with Crippen LogP contribution in [0.1, 0.15) is 22.3 Å². The molecule has 0 saturated heterocycles. The fourth-order valence-electron chi connectivity index (χ4n) is 6.59. The summed E-state index contributed by atoms with van der Waals surface area (Å²) in [7, 11) is 0. The molecule has 0 bridgehead atoms. The van der Waals surface area contributed by atoms with Crippen LogP contribution in [0.5, 0.6) is 0 Å². The van der Waals surface area contributed by atoms with Crippen LogP contribution in [0.15, 0.2) is 85.3 Å². The highest BCUT2D eigenvalue weighted by Gasteiger charge is 2.34. The minimum atomic E-state index is 0.919. The number of imidazole rings is 1. The average molecular weight is 447 g/mol. The number of aromatic nitrogens is 4. The monoisotopic (exact) mass is 446 g/mol. The number of hydrogen-bond donors (Lipinski definition) is 0. The van der Waals surface area contributed by atoms with Crippen LogP contribution in [-0.2, 0) is 12.8 Å². The normalized spacial score (nSPS) is 13.5. The van der Waals surface area contributed by atoms with E-state index in [4.69, 9.17) is 9.97 Å². The number of pyridine rings is 3. The molecule has 0 aliphatic heterocycles. The van der Waals surface area contributed by atoms with Crippen LogP contribution in [0.25, 0.3) is 60.7 Å². The zero-order chi connectivity index (χ0) is 22.7. The van der Waals surface area contributed by atoms with Crippen LogP contribution in [0.4, 0.5) is 0 Å². The van der Waals surface area contributed by atoms with E-state index in [0.29, 0.717) is 0 Å². The molecule has 4 aromatic heterocycles. The van der Waals surface area contributed by atoms with Crippen molar-refractivity contribution in [3.63, 3.8) is 0 Å². The van der Waals surface area contributed by atoms with Crippen molar-refractivity contribution < 1.29 is 0 Å². The second-order valence-corrected chi connectivity index (χ2v) is 9.64. The smallest absolute Gasteiger partial charge is 0.148 e. The highest BCUT2D eigenvalue weighted by atomic mass is 15.0. The van der Waals surface area contributed by atoms with Crippen molar-refractivity contribution in [3.05, 3.63) is 108 Å². The highest BCUT2D eigenvalue weighted by molar-refractivity contribution is 6.15. The van der Waals surface area contributed by atoms with E-state index in [1.165, 1.54) is 50.0 Å². The highest BCUT2D eigenvalue weighted by Crippen LogP contribution is 2.52. The van der Waals surface area contributed by atoms with Gasteiger partial charge in [-0.15, -0.1) is 0 Å². The number of fused-ring (bicyclic) bond motifs is 17. The number of benzene rings is 3. The van der Waals surface area contributed by atoms with Gasteiger partial charge in [0.2, 0.25) is 0 Å². The lowest BCUT2D eigenvalue weighted by molar-refractivity contribution is 1.24. The van der Waals surface area contributed by atoms with Gasteiger partial charge in [-0.1, -0.05) is 48.5 Å². The predicted molar refractivity (Wildman–Crippen MR) is 140 cm³/mol. The van der Waals surface area contributed by atoms with Gasteiger partial charge in [-0.2, -0.15) is 0 Å². The van der Waals surface area contributed by atoms with Crippen molar-refractivity contribution in [2.75, 3.05) is 0 Å². The Morgan fingerprint density at radius 1 is 0.657 bits per heavy atom. The van der Waals surface area contributed by atoms with E-state index in [1.54, 1.807) is 0 Å². The van der Waals surface area contributed by atoms with E-state index < -0.39 is 0 Å². The van der Waals surface area contributed by atoms with Crippen molar-refractivity contribution >= 4 is 38.5 Å². The van der Waals surface area contributed by atoms with Crippen LogP contribution in [0.2, 0.25) is 0 Å². The third-order valence-corrected chi connectivity index (χ3v) is 7.96. The molecule has 0 saturated carbocycles. The Morgan fingerprint density at radius 2 is 1.43 bits per heavy atom. The first-order valence-electron chi connectivity index (χ1n) is 12.1. The largest absolute Gasteiger partial charge is 0.289 e. The van der Waals surface area contributed by atoms with Crippen LogP contribution < -0.4 is 0 Å². The number of nitrogens with zero attached hydrogens (tertiary/aromatic N) is 4. The van der Waals surface area contributed by atoms with Crippen molar-refractivity contribution in [3.8, 4) is 22.3 Å². The van der Waals surface area contributed by atoms with E-state index >= 15 is 0 Å². The van der Waals surface area contributed by atoms with Crippen LogP contribution in [0, 0.1) is 0 Å². The molecule has 4 heteroatoms. The van der Waals surface area contributed by atoms with Gasteiger partial charge in [0, 0.05) is 35.2 Å². The van der Waals surface area contributed by atoms with Crippen molar-refractivity contribution in [2.45, 2.75) is 12.8 Å². The Bertz CT molecular complexity index is 2070.